The average molecular weight is 242 g/mol. The summed E-state index contributed by atoms with van der Waals surface area (Å²) in [5.74, 6) is 0.977. The quantitative estimate of drug-likeness (QED) is 0.755. The van der Waals surface area contributed by atoms with Crippen LogP contribution in [-0.4, -0.2) is 41.1 Å². The lowest BCUT2D eigenvalue weighted by molar-refractivity contribution is -0.132. The lowest BCUT2D eigenvalue weighted by Gasteiger charge is -2.22. The van der Waals surface area contributed by atoms with Crippen molar-refractivity contribution in [1.82, 2.24) is 4.90 Å². The second-order valence-corrected chi connectivity index (χ2v) is 6.00. The Balaban J connectivity index is 2.43. The number of β-amino-alcohol motifs (C(OH)–C–C–N with tert-alkyl or cyclic N) is 1. The molecular formula is C13H26N2O2. The molecule has 1 aliphatic rings. The van der Waals surface area contributed by atoms with E-state index in [-0.39, 0.29) is 11.8 Å². The number of carbonyl (C=O) groups is 1. The number of hydrogen-bond donors (Lipinski definition) is 2. The van der Waals surface area contributed by atoms with Crippen molar-refractivity contribution in [2.45, 2.75) is 45.6 Å². The number of aliphatic hydroxyl groups is 1. The summed E-state index contributed by atoms with van der Waals surface area (Å²) in [5.41, 5.74) is 5.00. The zero-order valence-corrected chi connectivity index (χ0v) is 11.3. The summed E-state index contributed by atoms with van der Waals surface area (Å²) in [6.45, 7) is 7.78. The molecule has 1 saturated heterocycles. The van der Waals surface area contributed by atoms with Crippen LogP contribution in [0.1, 0.15) is 40.0 Å². The highest BCUT2D eigenvalue weighted by Gasteiger charge is 2.34. The Morgan fingerprint density at radius 2 is 2.18 bits per heavy atom. The second-order valence-electron chi connectivity index (χ2n) is 6.00. The highest BCUT2D eigenvalue weighted by atomic mass is 16.3. The predicted molar refractivity (Wildman–Crippen MR) is 68.4 cm³/mol. The molecule has 0 spiro atoms. The van der Waals surface area contributed by atoms with E-state index in [1.165, 1.54) is 0 Å². The first-order chi connectivity index (χ1) is 7.84. The highest BCUT2D eigenvalue weighted by molar-refractivity contribution is 5.76. The molecule has 0 radical (unpaired) electrons. The summed E-state index contributed by atoms with van der Waals surface area (Å²) in [5, 5.41) is 9.83. The maximum absolute atomic E-state index is 12.0. The normalized spacial score (nSPS) is 26.6. The SMILES string of the molecule is CC(C)C[C@H](CN)CC(=O)N1CCC(C)(O)C1. The van der Waals surface area contributed by atoms with Gasteiger partial charge in [0.05, 0.1) is 5.60 Å². The van der Waals surface area contributed by atoms with Crippen LogP contribution in [0, 0.1) is 11.8 Å². The average Bonchev–Trinajstić information content (AvgIpc) is 2.57. The van der Waals surface area contributed by atoms with E-state index in [9.17, 15) is 9.90 Å². The minimum Gasteiger partial charge on any atom is -0.388 e. The minimum absolute atomic E-state index is 0.138. The molecule has 0 aromatic rings. The number of hydrogen-bond acceptors (Lipinski definition) is 3. The van der Waals surface area contributed by atoms with Crippen molar-refractivity contribution in [3.63, 3.8) is 0 Å². The van der Waals surface area contributed by atoms with Crippen molar-refractivity contribution in [3.8, 4) is 0 Å². The zero-order valence-electron chi connectivity index (χ0n) is 11.3. The van der Waals surface area contributed by atoms with E-state index in [1.807, 2.05) is 0 Å². The fraction of sp³-hybridized carbons (Fsp3) is 0.923. The van der Waals surface area contributed by atoms with Gasteiger partial charge in [-0.25, -0.2) is 0 Å². The maximum atomic E-state index is 12.0. The molecule has 3 N–H and O–H groups in total. The van der Waals surface area contributed by atoms with Crippen molar-refractivity contribution in [1.29, 1.82) is 0 Å². The Labute approximate surface area is 104 Å². The monoisotopic (exact) mass is 242 g/mol. The fourth-order valence-electron chi connectivity index (χ4n) is 2.46. The van der Waals surface area contributed by atoms with Gasteiger partial charge in [-0.2, -0.15) is 0 Å². The molecule has 0 aromatic heterocycles. The molecule has 0 bridgehead atoms. The zero-order chi connectivity index (χ0) is 13.1. The number of carbonyl (C=O) groups excluding carboxylic acids is 1. The van der Waals surface area contributed by atoms with Crippen LogP contribution in [0.25, 0.3) is 0 Å². The number of amides is 1. The first-order valence-electron chi connectivity index (χ1n) is 6.54. The molecule has 4 heteroatoms. The summed E-state index contributed by atoms with van der Waals surface area (Å²) in [6.07, 6.45) is 2.19. The Hall–Kier alpha value is -0.610. The lowest BCUT2D eigenvalue weighted by Crippen LogP contribution is -2.35. The number of likely N-dealkylation sites (tertiary alicyclic amines) is 1. The maximum Gasteiger partial charge on any atom is 0.222 e. The minimum atomic E-state index is -0.702. The largest absolute Gasteiger partial charge is 0.388 e. The van der Waals surface area contributed by atoms with Gasteiger partial charge in [-0.15, -0.1) is 0 Å². The van der Waals surface area contributed by atoms with E-state index in [0.717, 1.165) is 6.42 Å². The summed E-state index contributed by atoms with van der Waals surface area (Å²) >= 11 is 0. The standard InChI is InChI=1S/C13H26N2O2/c1-10(2)6-11(8-14)7-12(16)15-5-4-13(3,17)9-15/h10-11,17H,4-9,14H2,1-3H3/t11-,13?/m0/s1. The van der Waals surface area contributed by atoms with Gasteiger partial charge in [-0.1, -0.05) is 13.8 Å². The molecule has 17 heavy (non-hydrogen) atoms. The van der Waals surface area contributed by atoms with Crippen LogP contribution in [0.5, 0.6) is 0 Å². The third-order valence-electron chi connectivity index (χ3n) is 3.41. The molecular weight excluding hydrogens is 216 g/mol. The summed E-state index contributed by atoms with van der Waals surface area (Å²) in [6, 6.07) is 0. The summed E-state index contributed by atoms with van der Waals surface area (Å²) < 4.78 is 0. The number of nitrogens with two attached hydrogens (primary N) is 1. The molecule has 1 heterocycles. The lowest BCUT2D eigenvalue weighted by atomic mass is 9.94. The van der Waals surface area contributed by atoms with Gasteiger partial charge in [0.2, 0.25) is 5.91 Å². The van der Waals surface area contributed by atoms with E-state index in [2.05, 4.69) is 13.8 Å². The summed E-state index contributed by atoms with van der Waals surface area (Å²) in [4.78, 5) is 13.8. The van der Waals surface area contributed by atoms with Crippen LogP contribution in [0.3, 0.4) is 0 Å². The molecule has 1 rings (SSSR count). The fourth-order valence-corrected chi connectivity index (χ4v) is 2.46. The number of rotatable bonds is 5. The van der Waals surface area contributed by atoms with Crippen LogP contribution in [0.15, 0.2) is 0 Å². The Morgan fingerprint density at radius 3 is 2.59 bits per heavy atom. The molecule has 0 saturated carbocycles. The molecule has 1 unspecified atom stereocenters. The van der Waals surface area contributed by atoms with Crippen LogP contribution >= 0.6 is 0 Å². The van der Waals surface area contributed by atoms with E-state index in [4.69, 9.17) is 5.73 Å². The summed E-state index contributed by atoms with van der Waals surface area (Å²) in [7, 11) is 0. The van der Waals surface area contributed by atoms with Crippen molar-refractivity contribution in [2.24, 2.45) is 17.6 Å². The third-order valence-corrected chi connectivity index (χ3v) is 3.41. The first-order valence-corrected chi connectivity index (χ1v) is 6.54. The van der Waals surface area contributed by atoms with E-state index >= 15 is 0 Å². The molecule has 1 amide bonds. The van der Waals surface area contributed by atoms with Gasteiger partial charge in [-0.3, -0.25) is 4.79 Å². The van der Waals surface area contributed by atoms with Crippen LogP contribution in [0.4, 0.5) is 0 Å². The molecule has 0 aromatic carbocycles. The molecule has 0 aliphatic carbocycles. The predicted octanol–water partition coefficient (Wildman–Crippen LogP) is 0.981. The van der Waals surface area contributed by atoms with Gasteiger partial charge in [0.25, 0.3) is 0 Å². The highest BCUT2D eigenvalue weighted by Crippen LogP contribution is 2.23. The van der Waals surface area contributed by atoms with E-state index in [1.54, 1.807) is 11.8 Å². The Morgan fingerprint density at radius 1 is 1.53 bits per heavy atom. The van der Waals surface area contributed by atoms with Gasteiger partial charge < -0.3 is 15.7 Å². The number of nitrogens with zero attached hydrogens (tertiary/aromatic N) is 1. The van der Waals surface area contributed by atoms with E-state index < -0.39 is 5.60 Å². The Kier molecular flexibility index (Phi) is 4.95. The molecule has 100 valence electrons. The van der Waals surface area contributed by atoms with Crippen molar-refractivity contribution >= 4 is 5.91 Å². The Bertz CT molecular complexity index is 264. The first kappa shape index (κ1) is 14.5. The second kappa shape index (κ2) is 5.83. The van der Waals surface area contributed by atoms with Crippen molar-refractivity contribution in [2.75, 3.05) is 19.6 Å². The van der Waals surface area contributed by atoms with Crippen LogP contribution in [-0.2, 0) is 4.79 Å². The van der Waals surface area contributed by atoms with Crippen LogP contribution in [0.2, 0.25) is 0 Å². The van der Waals surface area contributed by atoms with Gasteiger partial charge in [0.15, 0.2) is 0 Å². The molecule has 1 aliphatic heterocycles. The molecule has 1 fully saturated rings. The van der Waals surface area contributed by atoms with Crippen LogP contribution < -0.4 is 5.73 Å². The van der Waals surface area contributed by atoms with Gasteiger partial charge in [-0.05, 0) is 38.1 Å². The smallest absolute Gasteiger partial charge is 0.222 e. The van der Waals surface area contributed by atoms with E-state index in [0.29, 0.717) is 38.4 Å². The molecule has 2 atom stereocenters. The molecule has 4 nitrogen and oxygen atoms in total. The van der Waals surface area contributed by atoms with Gasteiger partial charge in [0.1, 0.15) is 0 Å². The van der Waals surface area contributed by atoms with Crippen molar-refractivity contribution < 1.29 is 9.90 Å². The van der Waals surface area contributed by atoms with Gasteiger partial charge in [0, 0.05) is 19.5 Å². The third kappa shape index (κ3) is 4.64. The van der Waals surface area contributed by atoms with Crippen molar-refractivity contribution in [3.05, 3.63) is 0 Å². The topological polar surface area (TPSA) is 66.6 Å². The van der Waals surface area contributed by atoms with Gasteiger partial charge >= 0.3 is 0 Å².